The molecule has 1 aliphatic rings. The molecule has 0 spiro atoms. The van der Waals surface area contributed by atoms with Crippen molar-refractivity contribution in [2.75, 3.05) is 20.3 Å². The number of ether oxygens (including phenoxy) is 2. The molecular formula is C7H16O2. The largest absolute Gasteiger partial charge is 0.381 e. The Balaban J connectivity index is 0.000000640. The van der Waals surface area contributed by atoms with E-state index in [9.17, 15) is 0 Å². The first kappa shape index (κ1) is 8.92. The summed E-state index contributed by atoms with van der Waals surface area (Å²) in [5, 5.41) is 0. The van der Waals surface area contributed by atoms with Crippen LogP contribution in [0.3, 0.4) is 0 Å². The molecule has 0 aromatic heterocycles. The third-order valence-electron chi connectivity index (χ3n) is 1.50. The molecule has 0 N–H and O–H groups in total. The first-order chi connectivity index (χ1) is 3.93. The van der Waals surface area contributed by atoms with E-state index in [-0.39, 0.29) is 7.43 Å². The molecule has 0 saturated carbocycles. The molecule has 2 nitrogen and oxygen atoms in total. The predicted octanol–water partition coefficient (Wildman–Crippen LogP) is 1.45. The molecule has 9 heavy (non-hydrogen) atoms. The molecule has 1 saturated heterocycles. The Kier molecular flexibility index (Phi) is 4.72. The van der Waals surface area contributed by atoms with Crippen LogP contribution in [0.5, 0.6) is 0 Å². The van der Waals surface area contributed by atoms with Gasteiger partial charge in [-0.1, -0.05) is 7.43 Å². The minimum Gasteiger partial charge on any atom is -0.381 e. The zero-order chi connectivity index (χ0) is 5.82. The van der Waals surface area contributed by atoms with Gasteiger partial charge in [-0.3, -0.25) is 0 Å². The molecule has 0 aromatic carbocycles. The van der Waals surface area contributed by atoms with Crippen molar-refractivity contribution in [3.63, 3.8) is 0 Å². The van der Waals surface area contributed by atoms with Gasteiger partial charge in [0, 0.05) is 20.3 Å². The van der Waals surface area contributed by atoms with E-state index in [1.165, 1.54) is 0 Å². The molecule has 0 radical (unpaired) electrons. The van der Waals surface area contributed by atoms with Gasteiger partial charge >= 0.3 is 0 Å². The second kappa shape index (κ2) is 4.77. The Hall–Kier alpha value is -0.0800. The first-order valence-electron chi connectivity index (χ1n) is 3.04. The zero-order valence-electron chi connectivity index (χ0n) is 5.22. The quantitative estimate of drug-likeness (QED) is 0.537. The van der Waals surface area contributed by atoms with Gasteiger partial charge < -0.3 is 9.47 Å². The van der Waals surface area contributed by atoms with Crippen molar-refractivity contribution >= 4 is 0 Å². The maximum Gasteiger partial charge on any atom is 0.0615 e. The summed E-state index contributed by atoms with van der Waals surface area (Å²) in [6.45, 7) is 1.75. The lowest BCUT2D eigenvalue weighted by Crippen LogP contribution is -2.21. The van der Waals surface area contributed by atoms with Crippen LogP contribution < -0.4 is 0 Å². The topological polar surface area (TPSA) is 18.5 Å². The lowest BCUT2D eigenvalue weighted by Gasteiger charge is -2.19. The zero-order valence-corrected chi connectivity index (χ0v) is 5.22. The summed E-state index contributed by atoms with van der Waals surface area (Å²) in [7, 11) is 1.76. The first-order valence-corrected chi connectivity index (χ1v) is 3.04. The molecule has 2 heteroatoms. The van der Waals surface area contributed by atoms with Crippen LogP contribution in [-0.4, -0.2) is 26.4 Å². The van der Waals surface area contributed by atoms with Gasteiger partial charge in [0.25, 0.3) is 0 Å². The molecule has 0 amide bonds. The molecule has 1 rings (SSSR count). The van der Waals surface area contributed by atoms with E-state index in [1.807, 2.05) is 0 Å². The molecule has 0 bridgehead atoms. The van der Waals surface area contributed by atoms with Crippen molar-refractivity contribution in [3.05, 3.63) is 0 Å². The van der Waals surface area contributed by atoms with Gasteiger partial charge in [-0.05, 0) is 12.8 Å². The van der Waals surface area contributed by atoms with Crippen LogP contribution in [-0.2, 0) is 9.47 Å². The van der Waals surface area contributed by atoms with E-state index in [2.05, 4.69) is 0 Å². The molecule has 1 aliphatic heterocycles. The van der Waals surface area contributed by atoms with Crippen LogP contribution in [0.25, 0.3) is 0 Å². The lowest BCUT2D eigenvalue weighted by atomic mass is 10.2. The second-order valence-electron chi connectivity index (χ2n) is 2.05. The molecule has 0 unspecified atom stereocenters. The van der Waals surface area contributed by atoms with Gasteiger partial charge in [0.2, 0.25) is 0 Å². The van der Waals surface area contributed by atoms with Crippen LogP contribution >= 0.6 is 0 Å². The Bertz CT molecular complexity index is 57.9. The molecule has 0 aliphatic carbocycles. The third-order valence-corrected chi connectivity index (χ3v) is 1.50. The highest BCUT2D eigenvalue weighted by Crippen LogP contribution is 2.08. The van der Waals surface area contributed by atoms with Crippen LogP contribution in [0.4, 0.5) is 0 Å². The monoisotopic (exact) mass is 132 g/mol. The van der Waals surface area contributed by atoms with Crippen LogP contribution in [0.15, 0.2) is 0 Å². The Labute approximate surface area is 57.2 Å². The maximum atomic E-state index is 5.12. The molecule has 56 valence electrons. The number of hydrogen-bond donors (Lipinski definition) is 0. The van der Waals surface area contributed by atoms with Crippen molar-refractivity contribution in [3.8, 4) is 0 Å². The lowest BCUT2D eigenvalue weighted by molar-refractivity contribution is -0.00998. The highest BCUT2D eigenvalue weighted by molar-refractivity contribution is 4.60. The Morgan fingerprint density at radius 2 is 1.89 bits per heavy atom. The summed E-state index contributed by atoms with van der Waals surface area (Å²) in [4.78, 5) is 0. The predicted molar refractivity (Wildman–Crippen MR) is 37.6 cm³/mol. The standard InChI is InChI=1S/C6H12O2.CH4/c1-7-6-2-4-8-5-3-6;/h6H,2-5H2,1H3;1H4. The van der Waals surface area contributed by atoms with E-state index in [4.69, 9.17) is 9.47 Å². The van der Waals surface area contributed by atoms with E-state index < -0.39 is 0 Å². The summed E-state index contributed by atoms with van der Waals surface area (Å²) in [5.41, 5.74) is 0. The molecule has 1 heterocycles. The Morgan fingerprint density at radius 3 is 2.22 bits per heavy atom. The van der Waals surface area contributed by atoms with Crippen molar-refractivity contribution in [2.24, 2.45) is 0 Å². The fraction of sp³-hybridized carbons (Fsp3) is 1.00. The normalized spacial score (nSPS) is 21.0. The molecular weight excluding hydrogens is 116 g/mol. The highest BCUT2D eigenvalue weighted by Gasteiger charge is 2.10. The average molecular weight is 132 g/mol. The number of hydrogen-bond acceptors (Lipinski definition) is 2. The van der Waals surface area contributed by atoms with Gasteiger partial charge in [0.1, 0.15) is 0 Å². The van der Waals surface area contributed by atoms with Crippen LogP contribution in [0.1, 0.15) is 20.3 Å². The van der Waals surface area contributed by atoms with E-state index in [0.29, 0.717) is 6.10 Å². The number of methoxy groups -OCH3 is 1. The van der Waals surface area contributed by atoms with E-state index >= 15 is 0 Å². The van der Waals surface area contributed by atoms with Gasteiger partial charge in [-0.15, -0.1) is 0 Å². The van der Waals surface area contributed by atoms with Gasteiger partial charge in [0.15, 0.2) is 0 Å². The van der Waals surface area contributed by atoms with Crippen LogP contribution in [0, 0.1) is 0 Å². The fourth-order valence-corrected chi connectivity index (χ4v) is 0.912. The minimum absolute atomic E-state index is 0. The van der Waals surface area contributed by atoms with Crippen LogP contribution in [0.2, 0.25) is 0 Å². The molecule has 0 aromatic rings. The summed E-state index contributed by atoms with van der Waals surface area (Å²) in [6.07, 6.45) is 2.59. The van der Waals surface area contributed by atoms with Crippen molar-refractivity contribution in [1.82, 2.24) is 0 Å². The summed E-state index contributed by atoms with van der Waals surface area (Å²) >= 11 is 0. The van der Waals surface area contributed by atoms with Gasteiger partial charge in [-0.2, -0.15) is 0 Å². The molecule has 0 atom stereocenters. The molecule has 1 fully saturated rings. The summed E-state index contributed by atoms with van der Waals surface area (Å²) in [6, 6.07) is 0. The van der Waals surface area contributed by atoms with Gasteiger partial charge in [0.05, 0.1) is 6.10 Å². The van der Waals surface area contributed by atoms with E-state index in [1.54, 1.807) is 7.11 Å². The third kappa shape index (κ3) is 2.82. The van der Waals surface area contributed by atoms with Gasteiger partial charge in [-0.25, -0.2) is 0 Å². The highest BCUT2D eigenvalue weighted by atomic mass is 16.5. The average Bonchev–Trinajstić information content (AvgIpc) is 1.90. The van der Waals surface area contributed by atoms with Crippen molar-refractivity contribution in [1.29, 1.82) is 0 Å². The second-order valence-corrected chi connectivity index (χ2v) is 2.05. The fourth-order valence-electron chi connectivity index (χ4n) is 0.912. The summed E-state index contributed by atoms with van der Waals surface area (Å²) in [5.74, 6) is 0. The Morgan fingerprint density at radius 1 is 1.33 bits per heavy atom. The summed E-state index contributed by atoms with van der Waals surface area (Å²) < 4.78 is 10.2. The van der Waals surface area contributed by atoms with Crippen molar-refractivity contribution in [2.45, 2.75) is 26.4 Å². The minimum atomic E-state index is 0. The number of rotatable bonds is 1. The smallest absolute Gasteiger partial charge is 0.0615 e. The van der Waals surface area contributed by atoms with E-state index in [0.717, 1.165) is 26.1 Å². The maximum absolute atomic E-state index is 5.12. The van der Waals surface area contributed by atoms with Crippen molar-refractivity contribution < 1.29 is 9.47 Å². The SMILES string of the molecule is C.COC1CCOCC1.